The van der Waals surface area contributed by atoms with Crippen molar-refractivity contribution in [3.8, 4) is 0 Å². The fourth-order valence-electron chi connectivity index (χ4n) is 5.70. The topological polar surface area (TPSA) is 163 Å². The summed E-state index contributed by atoms with van der Waals surface area (Å²) in [6.45, 7) is 6.81. The molecule has 1 aliphatic heterocycles. The van der Waals surface area contributed by atoms with Crippen molar-refractivity contribution in [3.05, 3.63) is 12.2 Å². The number of methoxy groups -OCH3 is 1. The number of hydrogen-bond acceptors (Lipinski definition) is 10. The molecule has 1 heterocycles. The van der Waals surface area contributed by atoms with Gasteiger partial charge in [-0.3, -0.25) is 4.79 Å². The lowest BCUT2D eigenvalue weighted by molar-refractivity contribution is -0.326. The maximum absolute atomic E-state index is 12.8. The summed E-state index contributed by atoms with van der Waals surface area (Å²) in [5.74, 6) is -2.38. The van der Waals surface area contributed by atoms with Gasteiger partial charge in [0, 0.05) is 35.2 Å². The van der Waals surface area contributed by atoms with Gasteiger partial charge in [-0.25, -0.2) is 4.79 Å². The van der Waals surface area contributed by atoms with E-state index in [1.165, 1.54) is 7.11 Å². The molecule has 0 spiro atoms. The molecule has 0 aromatic carbocycles. The number of hydrogen-bond donors (Lipinski definition) is 5. The van der Waals surface area contributed by atoms with Crippen LogP contribution in [0.25, 0.3) is 0 Å². The van der Waals surface area contributed by atoms with Gasteiger partial charge in [0.25, 0.3) is 0 Å². The summed E-state index contributed by atoms with van der Waals surface area (Å²) in [6, 6.07) is 0. The van der Waals surface area contributed by atoms with Crippen molar-refractivity contribution in [1.29, 1.82) is 0 Å². The van der Waals surface area contributed by atoms with Crippen LogP contribution in [0.3, 0.4) is 0 Å². The van der Waals surface area contributed by atoms with E-state index < -0.39 is 78.7 Å². The van der Waals surface area contributed by atoms with E-state index in [0.717, 1.165) is 0 Å². The van der Waals surface area contributed by atoms with E-state index >= 15 is 0 Å². The lowest BCUT2D eigenvalue weighted by atomic mass is 9.52. The Bertz CT molecular complexity index is 738. The monoisotopic (exact) mass is 458 g/mol. The van der Waals surface area contributed by atoms with Crippen LogP contribution in [-0.2, 0) is 23.8 Å². The molecule has 3 fully saturated rings. The van der Waals surface area contributed by atoms with Crippen LogP contribution < -0.4 is 0 Å². The van der Waals surface area contributed by atoms with Crippen LogP contribution in [0.15, 0.2) is 12.2 Å². The first-order valence-corrected chi connectivity index (χ1v) is 10.9. The Morgan fingerprint density at radius 2 is 1.84 bits per heavy atom. The second-order valence-corrected chi connectivity index (χ2v) is 9.47. The van der Waals surface area contributed by atoms with Gasteiger partial charge in [0.1, 0.15) is 30.2 Å². The maximum Gasteiger partial charge on any atom is 0.333 e. The molecule has 5 N–H and O–H groups in total. The normalized spacial score (nSPS) is 46.9. The van der Waals surface area contributed by atoms with E-state index in [1.807, 2.05) is 6.92 Å². The molecule has 32 heavy (non-hydrogen) atoms. The summed E-state index contributed by atoms with van der Waals surface area (Å²) in [5.41, 5.74) is -0.558. The van der Waals surface area contributed by atoms with Crippen molar-refractivity contribution in [3.63, 3.8) is 0 Å². The quantitative estimate of drug-likeness (QED) is 0.252. The molecule has 3 rings (SSSR count). The van der Waals surface area contributed by atoms with Crippen LogP contribution >= 0.6 is 0 Å². The molecular weight excluding hydrogens is 424 g/mol. The van der Waals surface area contributed by atoms with E-state index in [1.54, 1.807) is 6.92 Å². The van der Waals surface area contributed by atoms with Gasteiger partial charge in [-0.05, 0) is 12.8 Å². The van der Waals surface area contributed by atoms with Gasteiger partial charge in [0.05, 0.1) is 25.9 Å². The molecule has 0 radical (unpaired) electrons. The van der Waals surface area contributed by atoms with Gasteiger partial charge in [0.15, 0.2) is 6.29 Å². The van der Waals surface area contributed by atoms with Crippen LogP contribution in [0.1, 0.15) is 33.1 Å². The van der Waals surface area contributed by atoms with E-state index in [-0.39, 0.29) is 17.8 Å². The minimum absolute atomic E-state index is 0.0124. The average molecular weight is 459 g/mol. The summed E-state index contributed by atoms with van der Waals surface area (Å²) in [4.78, 5) is 24.8. The number of carbonyl (C=O) groups excluding carboxylic acids is 2. The number of aliphatic hydroxyl groups excluding tert-OH is 5. The third-order valence-electron chi connectivity index (χ3n) is 7.75. The third kappa shape index (κ3) is 4.13. The lowest BCUT2D eigenvalue weighted by Crippen LogP contribution is -2.63. The van der Waals surface area contributed by atoms with Crippen molar-refractivity contribution < 1.29 is 49.3 Å². The number of ketones is 1. The van der Waals surface area contributed by atoms with Crippen molar-refractivity contribution in [2.75, 3.05) is 13.7 Å². The number of carbonyl (C=O) groups is 2. The van der Waals surface area contributed by atoms with Crippen molar-refractivity contribution in [2.24, 2.45) is 23.2 Å². The number of ether oxygens (including phenoxy) is 3. The highest BCUT2D eigenvalue weighted by molar-refractivity contribution is 5.88. The van der Waals surface area contributed by atoms with E-state index in [0.29, 0.717) is 12.8 Å². The third-order valence-corrected chi connectivity index (χ3v) is 7.75. The summed E-state index contributed by atoms with van der Waals surface area (Å²) in [6.07, 6.45) is -8.11. The number of rotatable bonds is 5. The molecule has 0 bridgehead atoms. The molecule has 11 unspecified atom stereocenters. The Morgan fingerprint density at radius 1 is 1.19 bits per heavy atom. The molecule has 10 nitrogen and oxygen atoms in total. The van der Waals surface area contributed by atoms with Gasteiger partial charge in [-0.1, -0.05) is 20.4 Å². The standard InChI is InChI=1S/C22H34O10/c1-9(20(29)30-4)11-5-6-22(3)14(7-12(24)10(2)15(22)16(11)25)32-21-19(28)18(27)17(26)13(8-23)31-21/h10-11,13-19,21,23,25-28H,1,5-8H2,2-4H3. The number of Topliss-reactive ketones (excluding diaryl/α,β-unsaturated/α-hetero) is 1. The van der Waals surface area contributed by atoms with Gasteiger partial charge < -0.3 is 39.7 Å². The number of aliphatic hydroxyl groups is 5. The summed E-state index contributed by atoms with van der Waals surface area (Å²) in [7, 11) is 1.24. The average Bonchev–Trinajstić information content (AvgIpc) is 2.76. The Balaban J connectivity index is 1.86. The van der Waals surface area contributed by atoms with Gasteiger partial charge in [-0.2, -0.15) is 0 Å². The second-order valence-electron chi connectivity index (χ2n) is 9.47. The summed E-state index contributed by atoms with van der Waals surface area (Å²) >= 11 is 0. The first-order valence-electron chi connectivity index (χ1n) is 10.9. The van der Waals surface area contributed by atoms with Crippen LogP contribution in [0.4, 0.5) is 0 Å². The molecule has 11 atom stereocenters. The predicted octanol–water partition coefficient (Wildman–Crippen LogP) is -1.10. The molecule has 2 aliphatic carbocycles. The van der Waals surface area contributed by atoms with Crippen LogP contribution in [0.5, 0.6) is 0 Å². The van der Waals surface area contributed by atoms with Gasteiger partial charge in [0.2, 0.25) is 0 Å². The van der Waals surface area contributed by atoms with Crippen LogP contribution in [0.2, 0.25) is 0 Å². The SMILES string of the molecule is C=C(C(=O)OC)C1CCC2(C)C(OC3OC(CO)C(O)C(O)C3O)CC(=O)C(C)C2C1O. The van der Waals surface area contributed by atoms with Crippen molar-refractivity contribution in [1.82, 2.24) is 0 Å². The zero-order valence-corrected chi connectivity index (χ0v) is 18.6. The molecule has 1 saturated heterocycles. The molecule has 10 heteroatoms. The highest BCUT2D eigenvalue weighted by Gasteiger charge is 2.59. The molecule has 0 amide bonds. The first kappa shape index (κ1) is 25.2. The maximum atomic E-state index is 12.8. The summed E-state index contributed by atoms with van der Waals surface area (Å²) in [5, 5.41) is 51.0. The van der Waals surface area contributed by atoms with Crippen LogP contribution in [0, 0.1) is 23.2 Å². The molecule has 2 saturated carbocycles. The first-order chi connectivity index (χ1) is 15.0. The Labute approximate surface area is 186 Å². The molecule has 0 aromatic heterocycles. The summed E-state index contributed by atoms with van der Waals surface area (Å²) < 4.78 is 16.2. The Morgan fingerprint density at radius 3 is 2.44 bits per heavy atom. The highest BCUT2D eigenvalue weighted by Crippen LogP contribution is 2.55. The molecular formula is C22H34O10. The Kier molecular flexibility index (Phi) is 7.45. The minimum Gasteiger partial charge on any atom is -0.466 e. The zero-order chi connectivity index (χ0) is 24.0. The van der Waals surface area contributed by atoms with E-state index in [2.05, 4.69) is 6.58 Å². The zero-order valence-electron chi connectivity index (χ0n) is 18.6. The lowest BCUT2D eigenvalue weighted by Gasteiger charge is -2.56. The molecule has 3 aliphatic rings. The number of fused-ring (bicyclic) bond motifs is 1. The fourth-order valence-corrected chi connectivity index (χ4v) is 5.70. The predicted molar refractivity (Wildman–Crippen MR) is 109 cm³/mol. The minimum atomic E-state index is -1.60. The van der Waals surface area contributed by atoms with Crippen molar-refractivity contribution >= 4 is 11.8 Å². The molecule has 182 valence electrons. The molecule has 0 aromatic rings. The van der Waals surface area contributed by atoms with Gasteiger partial charge in [-0.15, -0.1) is 0 Å². The Hall–Kier alpha value is -1.40. The fraction of sp³-hybridized carbons (Fsp3) is 0.818. The van der Waals surface area contributed by atoms with E-state index in [4.69, 9.17) is 14.2 Å². The van der Waals surface area contributed by atoms with Gasteiger partial charge >= 0.3 is 5.97 Å². The van der Waals surface area contributed by atoms with Crippen molar-refractivity contribution in [2.45, 2.75) is 76.0 Å². The van der Waals surface area contributed by atoms with Crippen LogP contribution in [-0.4, -0.2) is 93.9 Å². The smallest absolute Gasteiger partial charge is 0.333 e. The second kappa shape index (κ2) is 9.46. The highest BCUT2D eigenvalue weighted by atomic mass is 16.7. The number of esters is 1. The largest absolute Gasteiger partial charge is 0.466 e. The van der Waals surface area contributed by atoms with E-state index in [9.17, 15) is 35.1 Å².